The van der Waals surface area contributed by atoms with Crippen LogP contribution in [-0.2, 0) is 76.5 Å². The second-order valence-electron chi connectivity index (χ2n) is 30.7. The molecule has 0 aromatic heterocycles. The Hall–Kier alpha value is -7.88. The number of esters is 2. The molecule has 0 rings (SSSR count). The van der Waals surface area contributed by atoms with Gasteiger partial charge in [-0.05, 0) is 129 Å². The van der Waals surface area contributed by atoms with E-state index in [2.05, 4.69) is 21.3 Å². The molecule has 0 heterocycles. The summed E-state index contributed by atoms with van der Waals surface area (Å²) in [7, 11) is 11.0. The van der Waals surface area contributed by atoms with Gasteiger partial charge in [-0.2, -0.15) is 0 Å². The van der Waals surface area contributed by atoms with E-state index in [4.69, 9.17) is 14.2 Å². The number of rotatable bonds is 40. The minimum Gasteiger partial charge on any atom is -0.468 e. The molecule has 0 unspecified atom stereocenters. The predicted octanol–water partition coefficient (Wildman–Crippen LogP) is 5.25. The Labute approximate surface area is 615 Å². The van der Waals surface area contributed by atoms with Crippen LogP contribution in [0.25, 0.3) is 0 Å². The molecule has 0 saturated carbocycles. The van der Waals surface area contributed by atoms with E-state index in [1.165, 1.54) is 102 Å². The van der Waals surface area contributed by atoms with Gasteiger partial charge in [0.25, 0.3) is 0 Å². The molecule has 12 amide bonds. The molecular weight excluding hydrogens is 1330 g/mol. The van der Waals surface area contributed by atoms with Gasteiger partial charge in [-0.25, -0.2) is 4.79 Å². The molecule has 29 heteroatoms. The summed E-state index contributed by atoms with van der Waals surface area (Å²) < 4.78 is 16.1. The molecule has 0 spiro atoms. The third-order valence-corrected chi connectivity index (χ3v) is 18.2. The van der Waals surface area contributed by atoms with Crippen molar-refractivity contribution >= 4 is 83.0 Å². The molecule has 0 bridgehead atoms. The third-order valence-electron chi connectivity index (χ3n) is 18.2. The van der Waals surface area contributed by atoms with Crippen LogP contribution in [0, 0.1) is 41.4 Å². The van der Waals surface area contributed by atoms with Crippen LogP contribution in [0.3, 0.4) is 0 Å². The van der Waals surface area contributed by atoms with Crippen molar-refractivity contribution in [2.24, 2.45) is 41.4 Å². The number of hydrogen-bond acceptors (Lipinski definition) is 17. The number of likely N-dealkylation sites (N-methyl/N-ethyl adjacent to an activating group) is 8. The number of methoxy groups -OCH3 is 1. The van der Waals surface area contributed by atoms with Crippen LogP contribution in [0.5, 0.6) is 0 Å². The fraction of sp³-hybridized carbons (Fsp3) is 0.784. The van der Waals surface area contributed by atoms with Crippen molar-refractivity contribution < 1.29 is 81.3 Å². The van der Waals surface area contributed by atoms with Gasteiger partial charge in [0.05, 0.1) is 7.11 Å². The van der Waals surface area contributed by atoms with Gasteiger partial charge >= 0.3 is 18.0 Å². The number of hydrogen-bond donors (Lipinski definition) is 4. The molecule has 0 aromatic carbocycles. The zero-order chi connectivity index (χ0) is 80.5. The maximum absolute atomic E-state index is 15.3. The first kappa shape index (κ1) is 95.1. The lowest BCUT2D eigenvalue weighted by Crippen LogP contribution is -2.64. The zero-order valence-corrected chi connectivity index (χ0v) is 68.1. The summed E-state index contributed by atoms with van der Waals surface area (Å²) in [4.78, 5) is 208. The van der Waals surface area contributed by atoms with Crippen molar-refractivity contribution in [1.82, 2.24) is 60.5 Å². The van der Waals surface area contributed by atoms with Crippen molar-refractivity contribution in [3.8, 4) is 0 Å². The molecule has 29 nitrogen and oxygen atoms in total. The van der Waals surface area contributed by atoms with E-state index in [-0.39, 0.29) is 50.0 Å². The zero-order valence-electron chi connectivity index (χ0n) is 68.1. The van der Waals surface area contributed by atoms with Crippen molar-refractivity contribution in [3.63, 3.8) is 0 Å². The van der Waals surface area contributed by atoms with Crippen LogP contribution in [0.2, 0.25) is 0 Å². The van der Waals surface area contributed by atoms with Gasteiger partial charge in [0.15, 0.2) is 0 Å². The van der Waals surface area contributed by atoms with Crippen LogP contribution in [0.4, 0.5) is 4.79 Å². The molecule has 4 N–H and O–H groups in total. The highest BCUT2D eigenvalue weighted by Gasteiger charge is 2.47. The van der Waals surface area contributed by atoms with E-state index in [1.54, 1.807) is 96.1 Å². The first-order valence-corrected chi connectivity index (χ1v) is 36.3. The Morgan fingerprint density at radius 3 is 1.34 bits per heavy atom. The summed E-state index contributed by atoms with van der Waals surface area (Å²) in [5, 5.41) is 11.0. The fourth-order valence-corrected chi connectivity index (χ4v) is 12.1. The molecule has 0 saturated heterocycles. The van der Waals surface area contributed by atoms with Crippen LogP contribution in [0.15, 0.2) is 12.2 Å². The first-order valence-electron chi connectivity index (χ1n) is 36.3. The van der Waals surface area contributed by atoms with Gasteiger partial charge in [-0.15, -0.1) is 0 Å². The molecule has 0 aromatic rings. The number of carbonyl (C=O) groups excluding carboxylic acids is 14. The SMILES string of the molecule is C/C=C/C[C@@H](C)[C@@H](OC(C)=O)[C@@H](C(=O)N[C@@H](CC)C(=O)N(C)CC(=O)OC)N(C)C(=O)[C@H](C(C)C)N(C)C(=O)[C@H](CC(C)C)N(C)C(=O)[C@H](CC(C)C)N(C)C(=O)[C@@H](C)NC(=O)[C@H](C)NC(=O)[C@H](CC(C)C)N(C)C(=O)[C@@H](NC(=O)[C@H](C(C)C)N(CC)C(=O)[C@@H](C)N(C)C(=O)OC(C)(C)C)C(C)C. The summed E-state index contributed by atoms with van der Waals surface area (Å²) in [5.41, 5.74) is -0.830. The maximum Gasteiger partial charge on any atom is 0.410 e. The van der Waals surface area contributed by atoms with E-state index in [9.17, 15) is 52.7 Å². The van der Waals surface area contributed by atoms with E-state index in [0.717, 1.165) is 21.6 Å². The number of amides is 12. The van der Waals surface area contributed by atoms with Crippen LogP contribution >= 0.6 is 0 Å². The summed E-state index contributed by atoms with van der Waals surface area (Å²) in [6.07, 6.45) is 2.27. The topological polar surface area (TPSA) is 341 Å². The van der Waals surface area contributed by atoms with E-state index >= 15 is 14.4 Å². The van der Waals surface area contributed by atoms with E-state index in [1.807, 2.05) is 47.6 Å². The summed E-state index contributed by atoms with van der Waals surface area (Å²) in [6, 6.07) is -13.5. The summed E-state index contributed by atoms with van der Waals surface area (Å²) in [5.74, 6) is -11.7. The highest BCUT2D eigenvalue weighted by Crippen LogP contribution is 2.27. The number of nitrogens with zero attached hydrogens (tertiary/aromatic N) is 8. The number of ether oxygens (including phenoxy) is 3. The molecule has 0 aliphatic heterocycles. The molecule has 0 aliphatic rings. The van der Waals surface area contributed by atoms with Crippen molar-refractivity contribution in [3.05, 3.63) is 12.2 Å². The molecule has 0 fully saturated rings. The Bertz CT molecular complexity index is 2910. The number of nitrogens with one attached hydrogen (secondary N) is 4. The molecule has 590 valence electrons. The van der Waals surface area contributed by atoms with Gasteiger partial charge in [0.1, 0.15) is 84.7 Å². The van der Waals surface area contributed by atoms with E-state index in [0.29, 0.717) is 6.42 Å². The third kappa shape index (κ3) is 28.6. The van der Waals surface area contributed by atoms with Gasteiger partial charge in [-0.3, -0.25) is 67.2 Å². The average Bonchev–Trinajstić information content (AvgIpc) is 0.800. The highest BCUT2D eigenvalue weighted by atomic mass is 16.6. The Balaban J connectivity index is 7.20. The predicted molar refractivity (Wildman–Crippen MR) is 393 cm³/mol. The normalized spacial score (nSPS) is 15.5. The monoisotopic (exact) mass is 1460 g/mol. The van der Waals surface area contributed by atoms with Gasteiger partial charge in [0.2, 0.25) is 65.0 Å². The van der Waals surface area contributed by atoms with Crippen molar-refractivity contribution in [2.45, 2.75) is 270 Å². The maximum atomic E-state index is 15.3. The lowest BCUT2D eigenvalue weighted by Gasteiger charge is -2.42. The summed E-state index contributed by atoms with van der Waals surface area (Å²) >= 11 is 0. The Morgan fingerprint density at radius 1 is 0.466 bits per heavy atom. The average molecular weight is 1460 g/mol. The van der Waals surface area contributed by atoms with E-state index < -0.39 is 191 Å². The van der Waals surface area contributed by atoms with Crippen molar-refractivity contribution in [2.75, 3.05) is 69.5 Å². The second-order valence-corrected chi connectivity index (χ2v) is 30.7. The van der Waals surface area contributed by atoms with Crippen LogP contribution in [-0.4, -0.2) is 270 Å². The minimum atomic E-state index is -1.58. The van der Waals surface area contributed by atoms with Gasteiger partial charge in [0, 0.05) is 62.8 Å². The summed E-state index contributed by atoms with van der Waals surface area (Å²) in [6.45, 7) is 38.6. The molecule has 0 radical (unpaired) electrons. The second kappa shape index (κ2) is 43.4. The lowest BCUT2D eigenvalue weighted by atomic mass is 9.91. The van der Waals surface area contributed by atoms with Gasteiger partial charge < -0.3 is 69.8 Å². The quantitative estimate of drug-likeness (QED) is 0.0345. The Morgan fingerprint density at radius 2 is 0.913 bits per heavy atom. The minimum absolute atomic E-state index is 0.0616. The highest BCUT2D eigenvalue weighted by molar-refractivity contribution is 5.99. The standard InChI is InChI=1S/C74H132N12O17/c1-32-35-36-47(16)61(102-51(20)87)60(65(92)77-52(33-2)68(95)79(24)40-56(88)101-31)85(30)72(99)59(46(14)15)84(29)70(97)55(39-43(8)9)83(28)69(96)54(38-42(6)7)82(27)66(93)49(18)76-62(89)48(17)75-63(90)53(37-41(4)5)81(26)71(98)57(44(10)11)78-64(91)58(45(12)13)86(34-3)67(94)50(19)80(25)73(100)103-74(21,22)23/h32,35,41-50,52-55,57-61H,33-34,36-40H2,1-31H3,(H,75,90)(H,76,89)(H,77,92)(H,78,91)/b35-32+/t47-,48+,49-,50-,52+,53+,54+,55+,57+,58+,59+,60+,61-/m1/s1. The molecule has 103 heavy (non-hydrogen) atoms. The molecular formula is C74H132N12O17. The van der Waals surface area contributed by atoms with Gasteiger partial charge in [-0.1, -0.05) is 109 Å². The smallest absolute Gasteiger partial charge is 0.410 e. The Kier molecular flexibility index (Phi) is 40.1. The molecule has 0 aliphatic carbocycles. The largest absolute Gasteiger partial charge is 0.468 e. The van der Waals surface area contributed by atoms with Crippen LogP contribution in [0.1, 0.15) is 191 Å². The number of carbonyl (C=O) groups is 14. The molecule has 13 atom stereocenters. The van der Waals surface area contributed by atoms with Crippen LogP contribution < -0.4 is 21.3 Å². The lowest BCUT2D eigenvalue weighted by molar-refractivity contribution is -0.164. The first-order chi connectivity index (χ1) is 47.3. The fourth-order valence-electron chi connectivity index (χ4n) is 12.1. The van der Waals surface area contributed by atoms with Crippen molar-refractivity contribution in [1.29, 1.82) is 0 Å². The number of allylic oxidation sites excluding steroid dienone is 2.